The minimum atomic E-state index is -4.52. The van der Waals surface area contributed by atoms with Crippen molar-refractivity contribution in [2.45, 2.75) is 13.1 Å². The summed E-state index contributed by atoms with van der Waals surface area (Å²) in [5.41, 5.74) is 0.125. The highest BCUT2D eigenvalue weighted by Gasteiger charge is 2.29. The zero-order valence-electron chi connectivity index (χ0n) is 8.75. The summed E-state index contributed by atoms with van der Waals surface area (Å²) in [7, 11) is 0. The molecule has 0 aliphatic heterocycles. The number of benzene rings is 1. The molecule has 0 aliphatic rings. The third-order valence-electron chi connectivity index (χ3n) is 1.87. The van der Waals surface area contributed by atoms with Gasteiger partial charge in [0.15, 0.2) is 6.61 Å². The fourth-order valence-electron chi connectivity index (χ4n) is 1.13. The normalized spacial score (nSPS) is 12.6. The molecule has 94 valence electrons. The molecule has 1 aromatic rings. The van der Waals surface area contributed by atoms with Gasteiger partial charge in [-0.2, -0.15) is 13.2 Å². The van der Waals surface area contributed by atoms with Gasteiger partial charge in [0.05, 0.1) is 5.71 Å². The molecule has 0 fully saturated rings. The van der Waals surface area contributed by atoms with Crippen molar-refractivity contribution in [3.05, 3.63) is 29.6 Å². The highest BCUT2D eigenvalue weighted by molar-refractivity contribution is 6.00. The fraction of sp³-hybridized carbons (Fsp3) is 0.300. The van der Waals surface area contributed by atoms with Crippen LogP contribution >= 0.6 is 0 Å². The van der Waals surface area contributed by atoms with Gasteiger partial charge >= 0.3 is 6.18 Å². The van der Waals surface area contributed by atoms with E-state index < -0.39 is 18.6 Å². The van der Waals surface area contributed by atoms with Crippen LogP contribution in [0.4, 0.5) is 17.6 Å². The van der Waals surface area contributed by atoms with Crippen molar-refractivity contribution in [1.29, 1.82) is 0 Å². The van der Waals surface area contributed by atoms with E-state index in [0.29, 0.717) is 0 Å². The topological polar surface area (TPSA) is 41.8 Å². The number of oxime groups is 1. The maximum Gasteiger partial charge on any atom is 0.422 e. The Morgan fingerprint density at radius 1 is 1.41 bits per heavy atom. The van der Waals surface area contributed by atoms with E-state index in [-0.39, 0.29) is 17.0 Å². The van der Waals surface area contributed by atoms with Gasteiger partial charge in [0.25, 0.3) is 0 Å². The number of rotatable bonds is 3. The van der Waals surface area contributed by atoms with Crippen LogP contribution in [0.2, 0.25) is 0 Å². The largest absolute Gasteiger partial charge is 0.483 e. The monoisotopic (exact) mass is 251 g/mol. The Morgan fingerprint density at radius 3 is 2.59 bits per heavy atom. The molecule has 1 rings (SSSR count). The predicted octanol–water partition coefficient (Wildman–Crippen LogP) is 2.97. The van der Waals surface area contributed by atoms with Crippen molar-refractivity contribution < 1.29 is 27.5 Å². The molecule has 0 spiro atoms. The minimum absolute atomic E-state index is 0.0298. The molecule has 7 heteroatoms. The molecule has 17 heavy (non-hydrogen) atoms. The van der Waals surface area contributed by atoms with Crippen LogP contribution in [-0.4, -0.2) is 23.7 Å². The Labute approximate surface area is 94.3 Å². The van der Waals surface area contributed by atoms with Gasteiger partial charge < -0.3 is 9.94 Å². The predicted molar refractivity (Wildman–Crippen MR) is 51.9 cm³/mol. The molecule has 0 aliphatic carbocycles. The third kappa shape index (κ3) is 3.93. The summed E-state index contributed by atoms with van der Waals surface area (Å²) in [6, 6.07) is 3.01. The van der Waals surface area contributed by atoms with Gasteiger partial charge in [-0.25, -0.2) is 4.39 Å². The van der Waals surface area contributed by atoms with E-state index in [1.165, 1.54) is 13.0 Å². The minimum Gasteiger partial charge on any atom is -0.483 e. The summed E-state index contributed by atoms with van der Waals surface area (Å²) in [4.78, 5) is 0. The highest BCUT2D eigenvalue weighted by atomic mass is 19.4. The lowest BCUT2D eigenvalue weighted by atomic mass is 10.1. The highest BCUT2D eigenvalue weighted by Crippen LogP contribution is 2.24. The Morgan fingerprint density at radius 2 is 2.06 bits per heavy atom. The molecular weight excluding hydrogens is 242 g/mol. The molecular formula is C10H9F4NO2. The molecule has 0 atom stereocenters. The summed E-state index contributed by atoms with van der Waals surface area (Å²) in [6.45, 7) is -0.185. The number of hydrogen-bond acceptors (Lipinski definition) is 3. The molecule has 3 nitrogen and oxygen atoms in total. The van der Waals surface area contributed by atoms with Crippen LogP contribution in [-0.2, 0) is 0 Å². The van der Waals surface area contributed by atoms with Gasteiger partial charge in [0.2, 0.25) is 0 Å². The average molecular weight is 251 g/mol. The van der Waals surface area contributed by atoms with Crippen molar-refractivity contribution in [3.63, 3.8) is 0 Å². The van der Waals surface area contributed by atoms with E-state index in [2.05, 4.69) is 9.89 Å². The third-order valence-corrected chi connectivity index (χ3v) is 1.87. The summed E-state index contributed by atoms with van der Waals surface area (Å²) in [5, 5.41) is 11.4. The van der Waals surface area contributed by atoms with Crippen LogP contribution in [0, 0.1) is 5.82 Å². The van der Waals surface area contributed by atoms with Gasteiger partial charge in [-0.05, 0) is 19.1 Å². The fourth-order valence-corrected chi connectivity index (χ4v) is 1.13. The Kier molecular flexibility index (Phi) is 3.93. The molecule has 1 aromatic carbocycles. The van der Waals surface area contributed by atoms with E-state index in [9.17, 15) is 17.6 Å². The number of ether oxygens (including phenoxy) is 1. The van der Waals surface area contributed by atoms with Crippen molar-refractivity contribution in [2.75, 3.05) is 6.61 Å². The van der Waals surface area contributed by atoms with E-state index in [0.717, 1.165) is 12.1 Å². The van der Waals surface area contributed by atoms with Crippen molar-refractivity contribution in [1.82, 2.24) is 0 Å². The first kappa shape index (κ1) is 13.3. The van der Waals surface area contributed by atoms with E-state index in [1.807, 2.05) is 0 Å². The molecule has 0 radical (unpaired) electrons. The standard InChI is InChI=1S/C10H9F4NO2/c1-6(15-16)8-3-2-7(11)4-9(8)17-5-10(12,13)14/h2-4,16H,5H2,1H3/b15-6-. The second kappa shape index (κ2) is 5.03. The summed E-state index contributed by atoms with van der Waals surface area (Å²) >= 11 is 0. The lowest BCUT2D eigenvalue weighted by Gasteiger charge is -2.12. The second-order valence-corrected chi connectivity index (χ2v) is 3.23. The molecule has 0 bridgehead atoms. The van der Waals surface area contributed by atoms with Crippen LogP contribution in [0.3, 0.4) is 0 Å². The zero-order chi connectivity index (χ0) is 13.1. The zero-order valence-corrected chi connectivity index (χ0v) is 8.75. The van der Waals surface area contributed by atoms with Gasteiger partial charge in [-0.1, -0.05) is 5.16 Å². The van der Waals surface area contributed by atoms with E-state index >= 15 is 0 Å². The van der Waals surface area contributed by atoms with E-state index in [1.54, 1.807) is 0 Å². The average Bonchev–Trinajstić information content (AvgIpc) is 2.24. The first-order chi connectivity index (χ1) is 7.83. The van der Waals surface area contributed by atoms with Crippen molar-refractivity contribution >= 4 is 5.71 Å². The Balaban J connectivity index is 3.00. The first-order valence-corrected chi connectivity index (χ1v) is 4.51. The molecule has 0 heterocycles. The van der Waals surface area contributed by atoms with Crippen LogP contribution in [0.15, 0.2) is 23.4 Å². The Hall–Kier alpha value is -1.79. The second-order valence-electron chi connectivity index (χ2n) is 3.23. The van der Waals surface area contributed by atoms with Crippen molar-refractivity contribution in [3.8, 4) is 5.75 Å². The lowest BCUT2D eigenvalue weighted by Crippen LogP contribution is -2.20. The maximum atomic E-state index is 12.9. The van der Waals surface area contributed by atoms with Gasteiger partial charge in [-0.15, -0.1) is 0 Å². The van der Waals surface area contributed by atoms with E-state index in [4.69, 9.17) is 5.21 Å². The number of alkyl halides is 3. The van der Waals surface area contributed by atoms with Crippen LogP contribution < -0.4 is 4.74 Å². The number of nitrogens with zero attached hydrogens (tertiary/aromatic N) is 1. The summed E-state index contributed by atoms with van der Waals surface area (Å²) in [5.74, 6) is -1.06. The van der Waals surface area contributed by atoms with Gasteiger partial charge in [-0.3, -0.25) is 0 Å². The van der Waals surface area contributed by atoms with Crippen LogP contribution in [0.1, 0.15) is 12.5 Å². The molecule has 0 unspecified atom stereocenters. The van der Waals surface area contributed by atoms with Gasteiger partial charge in [0, 0.05) is 11.6 Å². The lowest BCUT2D eigenvalue weighted by molar-refractivity contribution is -0.153. The molecule has 0 amide bonds. The van der Waals surface area contributed by atoms with Crippen LogP contribution in [0.25, 0.3) is 0 Å². The maximum absolute atomic E-state index is 12.9. The smallest absolute Gasteiger partial charge is 0.422 e. The summed E-state index contributed by atoms with van der Waals surface area (Å²) < 4.78 is 53.2. The quantitative estimate of drug-likeness (QED) is 0.388. The summed E-state index contributed by atoms with van der Waals surface area (Å²) in [6.07, 6.45) is -4.52. The molecule has 0 saturated heterocycles. The Bertz CT molecular complexity index is 429. The number of halogens is 4. The van der Waals surface area contributed by atoms with Crippen molar-refractivity contribution in [2.24, 2.45) is 5.16 Å². The molecule has 0 saturated carbocycles. The van der Waals surface area contributed by atoms with Crippen LogP contribution in [0.5, 0.6) is 5.75 Å². The first-order valence-electron chi connectivity index (χ1n) is 4.51. The molecule has 0 aromatic heterocycles. The van der Waals surface area contributed by atoms with Gasteiger partial charge in [0.1, 0.15) is 11.6 Å². The SMILES string of the molecule is C/C(=N/O)c1ccc(F)cc1OCC(F)(F)F. The number of hydrogen-bond donors (Lipinski definition) is 1. The molecule has 1 N–H and O–H groups in total.